The van der Waals surface area contributed by atoms with Gasteiger partial charge in [-0.2, -0.15) is 0 Å². The number of hydrogen-bond acceptors (Lipinski definition) is 3. The summed E-state index contributed by atoms with van der Waals surface area (Å²) in [4.78, 5) is 26.5. The smallest absolute Gasteiger partial charge is 0.271 e. The molecule has 0 aromatic carbocycles. The van der Waals surface area contributed by atoms with Crippen LogP contribution in [0.2, 0.25) is 0 Å². The van der Waals surface area contributed by atoms with Gasteiger partial charge < -0.3 is 16.0 Å². The van der Waals surface area contributed by atoms with Gasteiger partial charge in [-0.05, 0) is 53.1 Å². The zero-order chi connectivity index (χ0) is 13.6. The predicted molar refractivity (Wildman–Crippen MR) is 75.7 cm³/mol. The van der Waals surface area contributed by atoms with Crippen molar-refractivity contribution >= 4 is 27.5 Å². The van der Waals surface area contributed by atoms with Crippen LogP contribution in [0.1, 0.15) is 19.3 Å². The van der Waals surface area contributed by atoms with Crippen molar-refractivity contribution in [3.05, 3.63) is 27.1 Å². The molecule has 4 unspecified atom stereocenters. The summed E-state index contributed by atoms with van der Waals surface area (Å²) in [6.45, 7) is 0. The maximum atomic E-state index is 12.3. The second-order valence-electron chi connectivity index (χ2n) is 5.49. The average molecular weight is 326 g/mol. The van der Waals surface area contributed by atoms with Crippen molar-refractivity contribution in [1.29, 1.82) is 0 Å². The fourth-order valence-corrected chi connectivity index (χ4v) is 3.83. The largest absolute Gasteiger partial charge is 0.327 e. The number of halogens is 1. The number of rotatable bonds is 2. The SMILES string of the molecule is NC1C2CCC(C2)C1C(=O)Nc1cc(Br)c[nH]c1=O. The first kappa shape index (κ1) is 12.9. The molecule has 3 rings (SSSR count). The third-order valence-corrected chi connectivity index (χ3v) is 4.87. The highest BCUT2D eigenvalue weighted by molar-refractivity contribution is 9.10. The van der Waals surface area contributed by atoms with E-state index in [-0.39, 0.29) is 29.1 Å². The third-order valence-electron chi connectivity index (χ3n) is 4.41. The number of anilines is 1. The molecule has 1 aromatic rings. The monoisotopic (exact) mass is 325 g/mol. The van der Waals surface area contributed by atoms with E-state index in [9.17, 15) is 9.59 Å². The Balaban J connectivity index is 1.78. The van der Waals surface area contributed by atoms with Gasteiger partial charge in [-0.25, -0.2) is 0 Å². The lowest BCUT2D eigenvalue weighted by Gasteiger charge is -2.26. The minimum absolute atomic E-state index is 0.0648. The topological polar surface area (TPSA) is 88.0 Å². The first-order valence-corrected chi connectivity index (χ1v) is 7.30. The number of carbonyl (C=O) groups excluding carboxylic acids is 1. The van der Waals surface area contributed by atoms with Crippen molar-refractivity contribution in [2.24, 2.45) is 23.5 Å². The maximum Gasteiger partial charge on any atom is 0.271 e. The molecule has 2 fully saturated rings. The number of nitrogens with one attached hydrogen (secondary N) is 2. The summed E-state index contributed by atoms with van der Waals surface area (Å²) in [5.41, 5.74) is 6.11. The summed E-state index contributed by atoms with van der Waals surface area (Å²) in [6.07, 6.45) is 4.80. The van der Waals surface area contributed by atoms with Gasteiger partial charge in [0.2, 0.25) is 5.91 Å². The molecule has 0 saturated heterocycles. The number of aromatic amines is 1. The fourth-order valence-electron chi connectivity index (χ4n) is 3.49. The van der Waals surface area contributed by atoms with Crippen LogP contribution in [-0.4, -0.2) is 16.9 Å². The minimum Gasteiger partial charge on any atom is -0.327 e. The number of carbonyl (C=O) groups is 1. The standard InChI is InChI=1S/C13H16BrN3O2/c14-8-4-9(12(18)16-5-8)17-13(19)10-6-1-2-7(3-6)11(10)15/h4-7,10-11H,1-3,15H2,(H,16,18)(H,17,19). The second-order valence-corrected chi connectivity index (χ2v) is 6.40. The molecule has 2 bridgehead atoms. The van der Waals surface area contributed by atoms with Gasteiger partial charge in [0.1, 0.15) is 5.69 Å². The quantitative estimate of drug-likeness (QED) is 0.769. The lowest BCUT2D eigenvalue weighted by atomic mass is 9.84. The van der Waals surface area contributed by atoms with E-state index in [1.807, 2.05) is 0 Å². The molecule has 0 aliphatic heterocycles. The van der Waals surface area contributed by atoms with Crippen LogP contribution in [0, 0.1) is 17.8 Å². The van der Waals surface area contributed by atoms with Gasteiger partial charge in [0.25, 0.3) is 5.56 Å². The molecule has 19 heavy (non-hydrogen) atoms. The molecule has 2 aliphatic rings. The Hall–Kier alpha value is -1.14. The number of aromatic nitrogens is 1. The number of amides is 1. The van der Waals surface area contributed by atoms with E-state index in [2.05, 4.69) is 26.2 Å². The summed E-state index contributed by atoms with van der Waals surface area (Å²) in [6, 6.07) is 1.54. The van der Waals surface area contributed by atoms with Crippen LogP contribution in [0.15, 0.2) is 21.5 Å². The molecule has 1 aromatic heterocycles. The lowest BCUT2D eigenvalue weighted by molar-refractivity contribution is -0.121. The van der Waals surface area contributed by atoms with Crippen molar-refractivity contribution in [3.63, 3.8) is 0 Å². The molecule has 1 heterocycles. The fraction of sp³-hybridized carbons (Fsp3) is 0.538. The molecule has 0 spiro atoms. The zero-order valence-corrected chi connectivity index (χ0v) is 11.9. The van der Waals surface area contributed by atoms with Gasteiger partial charge in [-0.15, -0.1) is 0 Å². The van der Waals surface area contributed by atoms with Gasteiger partial charge >= 0.3 is 0 Å². The normalized spacial score (nSPS) is 32.5. The number of pyridine rings is 1. The van der Waals surface area contributed by atoms with E-state index in [1.165, 1.54) is 0 Å². The summed E-state index contributed by atoms with van der Waals surface area (Å²) in [5, 5.41) is 2.72. The molecular formula is C13H16BrN3O2. The van der Waals surface area contributed by atoms with Crippen LogP contribution in [0.25, 0.3) is 0 Å². The summed E-state index contributed by atoms with van der Waals surface area (Å²) < 4.78 is 0.722. The molecular weight excluding hydrogens is 310 g/mol. The summed E-state index contributed by atoms with van der Waals surface area (Å²) in [7, 11) is 0. The average Bonchev–Trinajstić information content (AvgIpc) is 2.94. The van der Waals surface area contributed by atoms with E-state index in [0.717, 1.165) is 23.7 Å². The highest BCUT2D eigenvalue weighted by Crippen LogP contribution is 2.47. The number of nitrogens with two attached hydrogens (primary N) is 1. The Morgan fingerprint density at radius 1 is 1.42 bits per heavy atom. The first-order valence-electron chi connectivity index (χ1n) is 6.51. The Labute approximate surface area is 119 Å². The second kappa shape index (κ2) is 4.76. The van der Waals surface area contributed by atoms with E-state index in [1.54, 1.807) is 12.3 Å². The van der Waals surface area contributed by atoms with Gasteiger partial charge in [0, 0.05) is 16.7 Å². The highest BCUT2D eigenvalue weighted by Gasteiger charge is 2.49. The Kier molecular flexibility index (Phi) is 3.22. The molecule has 5 nitrogen and oxygen atoms in total. The number of fused-ring (bicyclic) bond motifs is 2. The molecule has 4 atom stereocenters. The molecule has 102 valence electrons. The van der Waals surface area contributed by atoms with Gasteiger partial charge in [-0.3, -0.25) is 9.59 Å². The first-order chi connectivity index (χ1) is 9.06. The third kappa shape index (κ3) is 2.23. The molecule has 4 N–H and O–H groups in total. The van der Waals surface area contributed by atoms with Crippen molar-refractivity contribution in [1.82, 2.24) is 4.98 Å². The molecule has 2 saturated carbocycles. The van der Waals surface area contributed by atoms with E-state index in [0.29, 0.717) is 11.8 Å². The van der Waals surface area contributed by atoms with Crippen LogP contribution in [-0.2, 0) is 4.79 Å². The van der Waals surface area contributed by atoms with Crippen LogP contribution >= 0.6 is 15.9 Å². The van der Waals surface area contributed by atoms with Crippen molar-refractivity contribution in [3.8, 4) is 0 Å². The Bertz CT molecular complexity index is 569. The Morgan fingerprint density at radius 2 is 2.16 bits per heavy atom. The predicted octanol–water partition coefficient (Wildman–Crippen LogP) is 1.45. The summed E-state index contributed by atoms with van der Waals surface area (Å²) in [5.74, 6) is 0.577. The van der Waals surface area contributed by atoms with Crippen LogP contribution in [0.4, 0.5) is 5.69 Å². The molecule has 2 aliphatic carbocycles. The number of H-pyrrole nitrogens is 1. The van der Waals surface area contributed by atoms with Gasteiger partial charge in [-0.1, -0.05) is 0 Å². The maximum absolute atomic E-state index is 12.3. The minimum atomic E-state index is -0.298. The van der Waals surface area contributed by atoms with Gasteiger partial charge in [0.15, 0.2) is 0 Å². The molecule has 1 amide bonds. The molecule has 0 radical (unpaired) electrons. The van der Waals surface area contributed by atoms with Gasteiger partial charge in [0.05, 0.1) is 5.92 Å². The zero-order valence-electron chi connectivity index (χ0n) is 10.4. The van der Waals surface area contributed by atoms with Crippen LogP contribution in [0.5, 0.6) is 0 Å². The highest BCUT2D eigenvalue weighted by atomic mass is 79.9. The van der Waals surface area contributed by atoms with Crippen molar-refractivity contribution < 1.29 is 4.79 Å². The Morgan fingerprint density at radius 3 is 2.84 bits per heavy atom. The van der Waals surface area contributed by atoms with E-state index in [4.69, 9.17) is 5.73 Å². The van der Waals surface area contributed by atoms with Crippen molar-refractivity contribution in [2.45, 2.75) is 25.3 Å². The van der Waals surface area contributed by atoms with E-state index >= 15 is 0 Å². The molecule has 6 heteroatoms. The lowest BCUT2D eigenvalue weighted by Crippen LogP contribution is -2.43. The number of hydrogen-bond donors (Lipinski definition) is 3. The van der Waals surface area contributed by atoms with Crippen LogP contribution in [0.3, 0.4) is 0 Å². The summed E-state index contributed by atoms with van der Waals surface area (Å²) >= 11 is 3.27. The van der Waals surface area contributed by atoms with Crippen molar-refractivity contribution in [2.75, 3.05) is 5.32 Å². The van der Waals surface area contributed by atoms with E-state index < -0.39 is 0 Å². The van der Waals surface area contributed by atoms with Crippen LogP contribution < -0.4 is 16.6 Å².